The van der Waals surface area contributed by atoms with Crippen LogP contribution in [0.15, 0.2) is 425 Å². The molecule has 580 valence electrons. The van der Waals surface area contributed by atoms with Crippen LogP contribution < -0.4 is 0 Å². The van der Waals surface area contributed by atoms with Crippen molar-refractivity contribution in [3.63, 3.8) is 0 Å². The standard InChI is InChI=1S/C62H39N5S.C50H31N5S/c1-6-19-40(20-7-1)44-35-45(41-21-8-2-9-22-41)37-46(36-44)47-38-53(62-65-60(42-23-10-3-11-24-42)64-61(66-62)43-25-12-4-13-26-43)57(63-39-47)52-31-18-30-49-50-33-34-55-56(59(50)68-58(49)52)51-29-16-17-32-54(51)67(55)48-27-14-5-15-28-48;1-5-16-32(17-6-1)35-30-40(50-53-48(33-18-7-2-8-19-33)52-49(54-50)34-20-9-3-10-21-34)46(51-31-35)39-25-15-27-42-44(39)45-43(56-42)29-28-38-37-24-13-14-26-41(37)55(47(38)45)36-22-11-4-12-23-36/h1-39H;1-31H. The zero-order chi connectivity index (χ0) is 82.0. The van der Waals surface area contributed by atoms with Crippen LogP contribution in [0.2, 0.25) is 0 Å². The second-order valence-electron chi connectivity index (χ2n) is 30.8. The van der Waals surface area contributed by atoms with Gasteiger partial charge in [0.1, 0.15) is 0 Å². The van der Waals surface area contributed by atoms with E-state index in [2.05, 4.69) is 319 Å². The number of hydrogen-bond acceptors (Lipinski definition) is 10. The van der Waals surface area contributed by atoms with Gasteiger partial charge in [-0.1, -0.05) is 328 Å². The molecule has 24 rings (SSSR count). The summed E-state index contributed by atoms with van der Waals surface area (Å²) < 4.78 is 9.64. The van der Waals surface area contributed by atoms with E-state index in [-0.39, 0.29) is 0 Å². The minimum Gasteiger partial charge on any atom is -0.309 e. The second kappa shape index (κ2) is 31.2. The van der Waals surface area contributed by atoms with Gasteiger partial charge in [0.05, 0.1) is 33.5 Å². The van der Waals surface area contributed by atoms with E-state index in [1.807, 2.05) is 138 Å². The van der Waals surface area contributed by atoms with E-state index in [0.29, 0.717) is 34.9 Å². The summed E-state index contributed by atoms with van der Waals surface area (Å²) in [6.07, 6.45) is 4.00. The fourth-order valence-corrected chi connectivity index (χ4v) is 20.1. The Balaban J connectivity index is 0.000000146. The van der Waals surface area contributed by atoms with Crippen LogP contribution in [0.25, 0.3) is 231 Å². The average molecular weight is 1620 g/mol. The third-order valence-corrected chi connectivity index (χ3v) is 25.8. The van der Waals surface area contributed by atoms with Gasteiger partial charge < -0.3 is 9.13 Å². The molecule has 16 aromatic carbocycles. The number of nitrogens with zero attached hydrogens (tertiary/aromatic N) is 10. The van der Waals surface area contributed by atoms with Crippen LogP contribution in [0.3, 0.4) is 0 Å². The number of fused-ring (bicyclic) bond motifs is 14. The molecule has 0 amide bonds. The van der Waals surface area contributed by atoms with Gasteiger partial charge in [-0.2, -0.15) is 0 Å². The fraction of sp³-hybridized carbons (Fsp3) is 0. The SMILES string of the molecule is c1ccc(-c2cc(-c3ccccc3)cc(-c3cnc(-c4cccc5c4sc4c5ccc5c4c4ccccc4n5-c4ccccc4)c(-c4nc(-c5ccccc5)nc(-c5ccccc5)n4)c3)c2)cc1.c1ccc(-c2cnc(-c3cccc4sc5ccc6c7ccccc7n(-c7ccccc7)c6c5c34)c(-c3nc(-c4ccccc4)nc(-c4ccccc4)n3)c2)cc1. The Labute approximate surface area is 722 Å². The number of aromatic nitrogens is 10. The normalized spacial score (nSPS) is 11.5. The zero-order valence-electron chi connectivity index (χ0n) is 66.7. The van der Waals surface area contributed by atoms with Crippen LogP contribution in [0, 0.1) is 0 Å². The van der Waals surface area contributed by atoms with Crippen molar-refractivity contribution in [2.75, 3.05) is 0 Å². The molecule has 0 aliphatic rings. The smallest absolute Gasteiger partial charge is 0.166 e. The molecule has 24 aromatic rings. The highest BCUT2D eigenvalue weighted by Gasteiger charge is 2.28. The predicted molar refractivity (Wildman–Crippen MR) is 515 cm³/mol. The molecular formula is C112H70N10S2. The van der Waals surface area contributed by atoms with E-state index in [1.165, 1.54) is 79.3 Å². The Hall–Kier alpha value is -16.1. The molecule has 0 spiro atoms. The van der Waals surface area contributed by atoms with Gasteiger partial charge in [0.25, 0.3) is 0 Å². The first-order valence-electron chi connectivity index (χ1n) is 41.4. The lowest BCUT2D eigenvalue weighted by molar-refractivity contribution is 1.07. The lowest BCUT2D eigenvalue weighted by atomic mass is 9.92. The van der Waals surface area contributed by atoms with Gasteiger partial charge in [0.15, 0.2) is 34.9 Å². The van der Waals surface area contributed by atoms with Crippen molar-refractivity contribution in [3.8, 4) is 147 Å². The van der Waals surface area contributed by atoms with Crippen molar-refractivity contribution in [2.24, 2.45) is 0 Å². The summed E-state index contributed by atoms with van der Waals surface area (Å²) in [6, 6.07) is 145. The van der Waals surface area contributed by atoms with Crippen LogP contribution in [-0.4, -0.2) is 49.0 Å². The summed E-state index contributed by atoms with van der Waals surface area (Å²) >= 11 is 3.65. The number of rotatable bonds is 14. The molecule has 8 aromatic heterocycles. The highest BCUT2D eigenvalue weighted by Crippen LogP contribution is 2.51. The van der Waals surface area contributed by atoms with Gasteiger partial charge in [-0.15, -0.1) is 22.7 Å². The lowest BCUT2D eigenvalue weighted by Gasteiger charge is -2.15. The summed E-state index contributed by atoms with van der Waals surface area (Å²) in [5, 5.41) is 9.71. The third kappa shape index (κ3) is 13.1. The number of hydrogen-bond donors (Lipinski definition) is 0. The number of benzene rings is 16. The highest BCUT2D eigenvalue weighted by molar-refractivity contribution is 7.27. The first-order valence-corrected chi connectivity index (χ1v) is 43.1. The van der Waals surface area contributed by atoms with Crippen molar-refractivity contribution >= 4 is 107 Å². The molecule has 0 aliphatic carbocycles. The van der Waals surface area contributed by atoms with Crippen molar-refractivity contribution in [1.82, 2.24) is 49.0 Å². The van der Waals surface area contributed by atoms with Crippen LogP contribution in [0.1, 0.15) is 0 Å². The Kier molecular flexibility index (Phi) is 18.4. The Morgan fingerprint density at radius 2 is 0.556 bits per heavy atom. The average Bonchev–Trinajstić information content (AvgIpc) is 1.55. The Bertz CT molecular complexity index is 8020. The van der Waals surface area contributed by atoms with Gasteiger partial charge in [0.2, 0.25) is 0 Å². The summed E-state index contributed by atoms with van der Waals surface area (Å²) in [6.45, 7) is 0. The van der Waals surface area contributed by atoms with Crippen molar-refractivity contribution < 1.29 is 0 Å². The van der Waals surface area contributed by atoms with Gasteiger partial charge >= 0.3 is 0 Å². The molecule has 0 saturated carbocycles. The monoisotopic (exact) mass is 1620 g/mol. The van der Waals surface area contributed by atoms with Gasteiger partial charge in [0, 0.05) is 141 Å². The lowest BCUT2D eigenvalue weighted by Crippen LogP contribution is -2.02. The van der Waals surface area contributed by atoms with E-state index in [1.54, 1.807) is 0 Å². The van der Waals surface area contributed by atoms with Crippen LogP contribution in [0.4, 0.5) is 0 Å². The van der Waals surface area contributed by atoms with Gasteiger partial charge in [-0.05, 0) is 118 Å². The quantitative estimate of drug-likeness (QED) is 0.106. The van der Waals surface area contributed by atoms with Crippen molar-refractivity contribution in [2.45, 2.75) is 0 Å². The molecule has 0 N–H and O–H groups in total. The molecule has 10 nitrogen and oxygen atoms in total. The molecule has 124 heavy (non-hydrogen) atoms. The predicted octanol–water partition coefficient (Wildman–Crippen LogP) is 29.5. The zero-order valence-corrected chi connectivity index (χ0v) is 68.3. The molecule has 0 fully saturated rings. The van der Waals surface area contributed by atoms with E-state index >= 15 is 0 Å². The Morgan fingerprint density at radius 3 is 1.06 bits per heavy atom. The maximum absolute atomic E-state index is 5.49. The molecule has 12 heteroatoms. The number of thiophene rings is 2. The van der Waals surface area contributed by atoms with Crippen molar-refractivity contribution in [1.29, 1.82) is 0 Å². The minimum atomic E-state index is 0.552. The van der Waals surface area contributed by atoms with E-state index in [0.717, 1.165) is 116 Å². The molecule has 8 heterocycles. The van der Waals surface area contributed by atoms with Crippen molar-refractivity contribution in [3.05, 3.63) is 425 Å². The summed E-state index contributed by atoms with van der Waals surface area (Å²) in [4.78, 5) is 42.0. The summed E-state index contributed by atoms with van der Waals surface area (Å²) in [5.74, 6) is 3.53. The maximum Gasteiger partial charge on any atom is 0.166 e. The molecule has 0 saturated heterocycles. The van der Waals surface area contributed by atoms with E-state index in [4.69, 9.17) is 39.9 Å². The fourth-order valence-electron chi connectivity index (χ4n) is 17.6. The molecule has 0 unspecified atom stereocenters. The summed E-state index contributed by atoms with van der Waals surface area (Å²) in [7, 11) is 0. The largest absolute Gasteiger partial charge is 0.309 e. The molecule has 0 atom stereocenters. The van der Waals surface area contributed by atoms with E-state index < -0.39 is 0 Å². The van der Waals surface area contributed by atoms with Gasteiger partial charge in [-0.3, -0.25) is 9.97 Å². The van der Waals surface area contributed by atoms with E-state index in [9.17, 15) is 0 Å². The number of pyridine rings is 2. The van der Waals surface area contributed by atoms with Crippen LogP contribution >= 0.6 is 22.7 Å². The summed E-state index contributed by atoms with van der Waals surface area (Å²) in [5.41, 5.74) is 24.6. The minimum absolute atomic E-state index is 0.552. The topological polar surface area (TPSA) is 113 Å². The van der Waals surface area contributed by atoms with Crippen LogP contribution in [0.5, 0.6) is 0 Å². The molecule has 0 aliphatic heterocycles. The highest BCUT2D eigenvalue weighted by atomic mass is 32.1. The first-order chi connectivity index (χ1) is 61.5. The third-order valence-electron chi connectivity index (χ3n) is 23.4. The Morgan fingerprint density at radius 1 is 0.194 bits per heavy atom. The molecule has 0 radical (unpaired) electrons. The van der Waals surface area contributed by atoms with Crippen LogP contribution in [-0.2, 0) is 0 Å². The maximum atomic E-state index is 5.49. The number of para-hydroxylation sites is 4. The molecular weight excluding hydrogens is 1550 g/mol. The van der Waals surface area contributed by atoms with Gasteiger partial charge in [-0.25, -0.2) is 29.9 Å². The molecule has 0 bridgehead atoms. The second-order valence-corrected chi connectivity index (χ2v) is 32.9. The first kappa shape index (κ1) is 73.1.